The number of piperidine rings is 1. The molecule has 5 nitrogen and oxygen atoms in total. The largest absolute Gasteiger partial charge is 0.435 e. The molecule has 1 saturated heterocycles. The number of aromatic nitrogens is 3. The lowest BCUT2D eigenvalue weighted by Crippen LogP contribution is -2.28. The van der Waals surface area contributed by atoms with E-state index in [2.05, 4.69) is 20.6 Å². The minimum Gasteiger partial charge on any atom is -0.364 e. The third-order valence-corrected chi connectivity index (χ3v) is 5.80. The van der Waals surface area contributed by atoms with Crippen LogP contribution < -0.4 is 10.6 Å². The van der Waals surface area contributed by atoms with E-state index in [-0.39, 0.29) is 17.7 Å². The summed E-state index contributed by atoms with van der Waals surface area (Å²) in [5.74, 6) is 1.03. The van der Waals surface area contributed by atoms with Gasteiger partial charge in [-0.2, -0.15) is 13.2 Å². The molecular weight excluding hydrogens is 403 g/mol. The third-order valence-electron chi connectivity index (χ3n) is 5.80. The maximum absolute atomic E-state index is 13.9. The van der Waals surface area contributed by atoms with E-state index in [1.54, 1.807) is 23.7 Å². The highest BCUT2D eigenvalue weighted by molar-refractivity contribution is 5.67. The zero-order valence-corrected chi connectivity index (χ0v) is 17.6. The number of hydrogen-bond acceptors (Lipinski definition) is 4. The van der Waals surface area contributed by atoms with E-state index >= 15 is 0 Å². The molecule has 3 aromatic rings. The predicted molar refractivity (Wildman–Crippen MR) is 115 cm³/mol. The van der Waals surface area contributed by atoms with Gasteiger partial charge in [0.15, 0.2) is 5.69 Å². The maximum atomic E-state index is 13.9. The van der Waals surface area contributed by atoms with Gasteiger partial charge >= 0.3 is 6.18 Å². The van der Waals surface area contributed by atoms with E-state index < -0.39 is 11.9 Å². The number of hydrogen-bond donors (Lipinski definition) is 2. The second-order valence-electron chi connectivity index (χ2n) is 7.95. The van der Waals surface area contributed by atoms with Gasteiger partial charge in [-0.3, -0.25) is 0 Å². The fraction of sp³-hybridized carbons (Fsp3) is 0.391. The second kappa shape index (κ2) is 8.70. The standard InChI is InChI=1S/C23H26F3N5/c1-15(16-6-4-3-5-7-16)29-19-14-18(10-13-28-19)20-21(23(24,25)26)30-22(31(20)2)17-8-11-27-12-9-17/h3-7,10,13-15,17,27H,8-9,11-12H2,1-2H3,(H,28,29). The van der Waals surface area contributed by atoms with Gasteiger partial charge in [-0.05, 0) is 50.6 Å². The quantitative estimate of drug-likeness (QED) is 0.590. The molecule has 31 heavy (non-hydrogen) atoms. The molecular formula is C23H26F3N5. The van der Waals surface area contributed by atoms with Gasteiger partial charge in [-0.25, -0.2) is 9.97 Å². The molecule has 2 aromatic heterocycles. The Balaban J connectivity index is 1.70. The van der Waals surface area contributed by atoms with Gasteiger partial charge in [-0.15, -0.1) is 0 Å². The summed E-state index contributed by atoms with van der Waals surface area (Å²) in [5.41, 5.74) is 0.760. The van der Waals surface area contributed by atoms with E-state index in [1.165, 1.54) is 6.20 Å². The zero-order valence-electron chi connectivity index (χ0n) is 17.6. The summed E-state index contributed by atoms with van der Waals surface area (Å²) in [7, 11) is 1.68. The first kappa shape index (κ1) is 21.4. The van der Waals surface area contributed by atoms with Crippen molar-refractivity contribution in [1.29, 1.82) is 0 Å². The number of rotatable bonds is 5. The van der Waals surface area contributed by atoms with E-state index in [0.29, 0.717) is 17.2 Å². The molecule has 8 heteroatoms. The summed E-state index contributed by atoms with van der Waals surface area (Å²) in [6, 6.07) is 13.1. The van der Waals surface area contributed by atoms with Crippen molar-refractivity contribution in [1.82, 2.24) is 19.9 Å². The van der Waals surface area contributed by atoms with Gasteiger partial charge in [0.05, 0.1) is 5.69 Å². The molecule has 0 bridgehead atoms. The van der Waals surface area contributed by atoms with Gasteiger partial charge in [0.1, 0.15) is 11.6 Å². The van der Waals surface area contributed by atoms with Crippen LogP contribution in [0.5, 0.6) is 0 Å². The Morgan fingerprint density at radius 3 is 2.52 bits per heavy atom. The van der Waals surface area contributed by atoms with Crippen molar-refractivity contribution in [2.75, 3.05) is 18.4 Å². The summed E-state index contributed by atoms with van der Waals surface area (Å²) in [6.07, 6.45) is -1.45. The number of nitrogens with zero attached hydrogens (tertiary/aromatic N) is 3. The predicted octanol–water partition coefficient (Wildman–Crippen LogP) is 5.14. The fourth-order valence-electron chi connectivity index (χ4n) is 4.19. The normalized spacial score (nSPS) is 16.3. The van der Waals surface area contributed by atoms with Crippen LogP contribution in [0.2, 0.25) is 0 Å². The lowest BCUT2D eigenvalue weighted by atomic mass is 9.97. The number of alkyl halides is 3. The van der Waals surface area contributed by atoms with Crippen LogP contribution in [0.25, 0.3) is 11.3 Å². The highest BCUT2D eigenvalue weighted by Crippen LogP contribution is 2.39. The van der Waals surface area contributed by atoms with Crippen LogP contribution in [0.4, 0.5) is 19.0 Å². The summed E-state index contributed by atoms with van der Waals surface area (Å²) < 4.78 is 43.3. The molecule has 3 heterocycles. The van der Waals surface area contributed by atoms with Gasteiger partial charge in [-0.1, -0.05) is 30.3 Å². The molecule has 0 amide bonds. The molecule has 0 aliphatic carbocycles. The lowest BCUT2D eigenvalue weighted by Gasteiger charge is -2.22. The monoisotopic (exact) mass is 429 g/mol. The SMILES string of the molecule is CC(Nc1cc(-c2c(C(F)(F)F)nc(C3CCNCC3)n2C)ccn1)c1ccccc1. The Hall–Kier alpha value is -2.87. The van der Waals surface area contributed by atoms with E-state index in [0.717, 1.165) is 31.5 Å². The number of nitrogens with one attached hydrogen (secondary N) is 2. The van der Waals surface area contributed by atoms with Crippen molar-refractivity contribution in [2.24, 2.45) is 7.05 Å². The van der Waals surface area contributed by atoms with Crippen LogP contribution in [0.1, 0.15) is 48.8 Å². The first-order valence-electron chi connectivity index (χ1n) is 10.5. The van der Waals surface area contributed by atoms with Crippen LogP contribution in [-0.2, 0) is 13.2 Å². The smallest absolute Gasteiger partial charge is 0.364 e. The molecule has 1 aliphatic heterocycles. The van der Waals surface area contributed by atoms with Gasteiger partial charge < -0.3 is 15.2 Å². The molecule has 0 spiro atoms. The zero-order chi connectivity index (χ0) is 22.0. The highest BCUT2D eigenvalue weighted by atomic mass is 19.4. The molecule has 1 fully saturated rings. The molecule has 1 atom stereocenters. The molecule has 0 saturated carbocycles. The average Bonchev–Trinajstić information content (AvgIpc) is 3.13. The Labute approximate surface area is 179 Å². The Kier molecular flexibility index (Phi) is 6.00. The second-order valence-corrected chi connectivity index (χ2v) is 7.95. The third kappa shape index (κ3) is 4.58. The van der Waals surface area contributed by atoms with Crippen molar-refractivity contribution in [3.63, 3.8) is 0 Å². The number of halogens is 3. The maximum Gasteiger partial charge on any atom is 0.435 e. The topological polar surface area (TPSA) is 54.8 Å². The number of imidazole rings is 1. The van der Waals surface area contributed by atoms with Crippen LogP contribution in [0.3, 0.4) is 0 Å². The van der Waals surface area contributed by atoms with E-state index in [1.807, 2.05) is 37.3 Å². The number of benzene rings is 1. The Morgan fingerprint density at radius 1 is 1.13 bits per heavy atom. The van der Waals surface area contributed by atoms with Crippen LogP contribution in [-0.4, -0.2) is 27.6 Å². The van der Waals surface area contributed by atoms with Crippen molar-refractivity contribution in [3.8, 4) is 11.3 Å². The van der Waals surface area contributed by atoms with Crippen LogP contribution >= 0.6 is 0 Å². The number of pyridine rings is 1. The molecule has 1 aliphatic rings. The van der Waals surface area contributed by atoms with Crippen molar-refractivity contribution >= 4 is 5.82 Å². The molecule has 0 radical (unpaired) electrons. The first-order chi connectivity index (χ1) is 14.8. The summed E-state index contributed by atoms with van der Waals surface area (Å²) in [5, 5.41) is 6.54. The van der Waals surface area contributed by atoms with E-state index in [9.17, 15) is 13.2 Å². The van der Waals surface area contributed by atoms with Gasteiger partial charge in [0.25, 0.3) is 0 Å². The first-order valence-corrected chi connectivity index (χ1v) is 10.5. The van der Waals surface area contributed by atoms with Crippen molar-refractivity contribution in [3.05, 3.63) is 65.7 Å². The minimum absolute atomic E-state index is 0.0126. The van der Waals surface area contributed by atoms with Gasteiger partial charge in [0, 0.05) is 30.8 Å². The van der Waals surface area contributed by atoms with Crippen LogP contribution in [0, 0.1) is 0 Å². The minimum atomic E-state index is -4.54. The molecule has 1 aromatic carbocycles. The van der Waals surface area contributed by atoms with Crippen LogP contribution in [0.15, 0.2) is 48.7 Å². The molecule has 1 unspecified atom stereocenters. The summed E-state index contributed by atoms with van der Waals surface area (Å²) >= 11 is 0. The molecule has 2 N–H and O–H groups in total. The van der Waals surface area contributed by atoms with E-state index in [4.69, 9.17) is 0 Å². The fourth-order valence-corrected chi connectivity index (χ4v) is 4.19. The summed E-state index contributed by atoms with van der Waals surface area (Å²) in [4.78, 5) is 8.41. The number of anilines is 1. The average molecular weight is 429 g/mol. The summed E-state index contributed by atoms with van der Waals surface area (Å²) in [6.45, 7) is 3.56. The Bertz CT molecular complexity index is 1020. The highest BCUT2D eigenvalue weighted by Gasteiger charge is 2.40. The van der Waals surface area contributed by atoms with Crippen molar-refractivity contribution in [2.45, 2.75) is 37.9 Å². The van der Waals surface area contributed by atoms with Gasteiger partial charge in [0.2, 0.25) is 0 Å². The molecule has 164 valence electrons. The van der Waals surface area contributed by atoms with Crippen molar-refractivity contribution < 1.29 is 13.2 Å². The Morgan fingerprint density at radius 2 is 1.84 bits per heavy atom. The molecule has 4 rings (SSSR count). The lowest BCUT2D eigenvalue weighted by molar-refractivity contribution is -0.140.